The number of rotatable bonds is 5. The van der Waals surface area contributed by atoms with E-state index in [1.54, 1.807) is 0 Å². The summed E-state index contributed by atoms with van der Waals surface area (Å²) in [6.45, 7) is 0.531. The fraction of sp³-hybridized carbons (Fsp3) is 0.467. The number of benzene rings is 1. The normalized spacial score (nSPS) is 15.2. The monoisotopic (exact) mass is 279 g/mol. The van der Waals surface area contributed by atoms with Crippen LogP contribution in [0.2, 0.25) is 0 Å². The molecule has 1 aromatic carbocycles. The van der Waals surface area contributed by atoms with E-state index in [0.29, 0.717) is 12.5 Å². The number of carboxylic acids is 1. The van der Waals surface area contributed by atoms with E-state index in [9.17, 15) is 14.0 Å². The van der Waals surface area contributed by atoms with E-state index in [2.05, 4.69) is 5.32 Å². The third-order valence-corrected chi connectivity index (χ3v) is 3.77. The average Bonchev–Trinajstić information content (AvgIpc) is 2.91. The van der Waals surface area contributed by atoms with Crippen molar-refractivity contribution < 1.29 is 19.1 Å². The molecule has 0 aromatic heterocycles. The molecule has 0 saturated heterocycles. The lowest BCUT2D eigenvalue weighted by Crippen LogP contribution is -2.26. The zero-order valence-corrected chi connectivity index (χ0v) is 11.2. The van der Waals surface area contributed by atoms with Crippen molar-refractivity contribution in [2.24, 2.45) is 5.92 Å². The topological polar surface area (TPSA) is 66.4 Å². The minimum atomic E-state index is -1.21. The Kier molecular flexibility index (Phi) is 4.71. The number of amides is 1. The van der Waals surface area contributed by atoms with Crippen molar-refractivity contribution in [2.75, 3.05) is 6.54 Å². The second-order valence-electron chi connectivity index (χ2n) is 5.19. The van der Waals surface area contributed by atoms with Gasteiger partial charge in [-0.15, -0.1) is 0 Å². The highest BCUT2D eigenvalue weighted by atomic mass is 19.1. The number of hydrogen-bond donors (Lipinski definition) is 2. The van der Waals surface area contributed by atoms with Crippen molar-refractivity contribution in [3.63, 3.8) is 0 Å². The van der Waals surface area contributed by atoms with Crippen LogP contribution in [-0.4, -0.2) is 23.5 Å². The number of carbonyl (C=O) groups excluding carboxylic acids is 1. The Morgan fingerprint density at radius 3 is 2.60 bits per heavy atom. The number of hydrogen-bond acceptors (Lipinski definition) is 2. The lowest BCUT2D eigenvalue weighted by Gasteiger charge is -2.10. The lowest BCUT2D eigenvalue weighted by molar-refractivity contribution is 0.0695. The summed E-state index contributed by atoms with van der Waals surface area (Å²) in [7, 11) is 0. The third-order valence-electron chi connectivity index (χ3n) is 3.77. The first-order chi connectivity index (χ1) is 9.58. The number of nitrogens with one attached hydrogen (secondary N) is 1. The van der Waals surface area contributed by atoms with Crippen molar-refractivity contribution in [1.29, 1.82) is 0 Å². The van der Waals surface area contributed by atoms with Crippen LogP contribution in [0.4, 0.5) is 4.39 Å². The molecule has 0 bridgehead atoms. The van der Waals surface area contributed by atoms with Crippen LogP contribution in [0.3, 0.4) is 0 Å². The first-order valence-electron chi connectivity index (χ1n) is 6.89. The fourth-order valence-corrected chi connectivity index (χ4v) is 2.62. The zero-order chi connectivity index (χ0) is 14.5. The van der Waals surface area contributed by atoms with Gasteiger partial charge >= 0.3 is 5.97 Å². The quantitative estimate of drug-likeness (QED) is 0.871. The number of carbonyl (C=O) groups is 2. The highest BCUT2D eigenvalue weighted by molar-refractivity contribution is 5.96. The van der Waals surface area contributed by atoms with Gasteiger partial charge in [0.15, 0.2) is 0 Å². The molecule has 0 radical (unpaired) electrons. The molecule has 1 aromatic rings. The van der Waals surface area contributed by atoms with Gasteiger partial charge < -0.3 is 10.4 Å². The molecule has 0 heterocycles. The highest BCUT2D eigenvalue weighted by Gasteiger charge is 2.17. The van der Waals surface area contributed by atoms with E-state index < -0.39 is 17.7 Å². The van der Waals surface area contributed by atoms with Crippen LogP contribution < -0.4 is 5.32 Å². The summed E-state index contributed by atoms with van der Waals surface area (Å²) in [5.41, 5.74) is -0.272. The summed E-state index contributed by atoms with van der Waals surface area (Å²) in [4.78, 5) is 22.5. The summed E-state index contributed by atoms with van der Waals surface area (Å²) in [6.07, 6.45) is 5.84. The molecular weight excluding hydrogens is 261 g/mol. The van der Waals surface area contributed by atoms with Crippen molar-refractivity contribution in [2.45, 2.75) is 32.1 Å². The van der Waals surface area contributed by atoms with Crippen LogP contribution in [0.1, 0.15) is 52.8 Å². The summed E-state index contributed by atoms with van der Waals surface area (Å²) in [6, 6.07) is 3.31. The predicted molar refractivity (Wildman–Crippen MR) is 72.3 cm³/mol. The summed E-state index contributed by atoms with van der Waals surface area (Å²) >= 11 is 0. The second kappa shape index (κ2) is 6.50. The Morgan fingerprint density at radius 2 is 2.00 bits per heavy atom. The summed E-state index contributed by atoms with van der Waals surface area (Å²) in [5.74, 6) is -1.84. The molecular formula is C15H18FNO3. The van der Waals surface area contributed by atoms with E-state index in [4.69, 9.17) is 5.11 Å². The van der Waals surface area contributed by atoms with Crippen LogP contribution in [-0.2, 0) is 0 Å². The molecule has 0 aliphatic heterocycles. The standard InChI is InChI=1S/C15H18FNO3/c16-13-9-11(15(19)20)5-6-12(13)14(18)17-8-7-10-3-1-2-4-10/h5-6,9-10H,1-4,7-8H2,(H,17,18)(H,19,20). The smallest absolute Gasteiger partial charge is 0.335 e. The van der Waals surface area contributed by atoms with Gasteiger partial charge in [-0.1, -0.05) is 25.7 Å². The molecule has 108 valence electrons. The number of aromatic carboxylic acids is 1. The molecule has 1 aliphatic carbocycles. The van der Waals surface area contributed by atoms with Crippen LogP contribution in [0, 0.1) is 11.7 Å². The molecule has 2 N–H and O–H groups in total. The van der Waals surface area contributed by atoms with Crippen LogP contribution in [0.5, 0.6) is 0 Å². The molecule has 4 nitrogen and oxygen atoms in total. The van der Waals surface area contributed by atoms with Crippen LogP contribution in [0.25, 0.3) is 0 Å². The van der Waals surface area contributed by atoms with Crippen molar-refractivity contribution >= 4 is 11.9 Å². The van der Waals surface area contributed by atoms with Gasteiger partial charge in [0, 0.05) is 6.54 Å². The summed E-state index contributed by atoms with van der Waals surface area (Å²) in [5, 5.41) is 11.4. The maximum atomic E-state index is 13.7. The van der Waals surface area contributed by atoms with Gasteiger partial charge in [0.05, 0.1) is 11.1 Å². The molecule has 0 spiro atoms. The van der Waals surface area contributed by atoms with Gasteiger partial charge in [0.2, 0.25) is 0 Å². The molecule has 2 rings (SSSR count). The van der Waals surface area contributed by atoms with Crippen molar-refractivity contribution in [3.8, 4) is 0 Å². The van der Waals surface area contributed by atoms with E-state index in [0.717, 1.165) is 12.5 Å². The van der Waals surface area contributed by atoms with Crippen LogP contribution >= 0.6 is 0 Å². The second-order valence-corrected chi connectivity index (χ2v) is 5.19. The number of halogens is 1. The number of carboxylic acid groups (broad SMARTS) is 1. The first-order valence-corrected chi connectivity index (χ1v) is 6.89. The Morgan fingerprint density at radius 1 is 1.30 bits per heavy atom. The Bertz CT molecular complexity index is 510. The largest absolute Gasteiger partial charge is 0.478 e. The predicted octanol–water partition coefficient (Wildman–Crippen LogP) is 2.83. The highest BCUT2D eigenvalue weighted by Crippen LogP contribution is 2.26. The zero-order valence-electron chi connectivity index (χ0n) is 11.2. The fourth-order valence-electron chi connectivity index (χ4n) is 2.62. The van der Waals surface area contributed by atoms with Gasteiger partial charge in [0.25, 0.3) is 5.91 Å². The Labute approximate surface area is 117 Å². The summed E-state index contributed by atoms with van der Waals surface area (Å²) < 4.78 is 13.7. The molecule has 0 unspecified atom stereocenters. The van der Waals surface area contributed by atoms with E-state index in [1.165, 1.54) is 37.8 Å². The minimum absolute atomic E-state index is 0.110. The van der Waals surface area contributed by atoms with Crippen molar-refractivity contribution in [3.05, 3.63) is 35.1 Å². The van der Waals surface area contributed by atoms with E-state index in [1.807, 2.05) is 0 Å². The molecule has 5 heteroatoms. The molecule has 20 heavy (non-hydrogen) atoms. The van der Waals surface area contributed by atoms with E-state index >= 15 is 0 Å². The average molecular weight is 279 g/mol. The molecule has 1 amide bonds. The van der Waals surface area contributed by atoms with Gasteiger partial charge in [-0.2, -0.15) is 0 Å². The van der Waals surface area contributed by atoms with Gasteiger partial charge in [0.1, 0.15) is 5.82 Å². The SMILES string of the molecule is O=C(O)c1ccc(C(=O)NCCC2CCCC2)c(F)c1. The third kappa shape index (κ3) is 3.56. The van der Waals surface area contributed by atoms with Crippen molar-refractivity contribution in [1.82, 2.24) is 5.32 Å². The first kappa shape index (κ1) is 14.5. The lowest BCUT2D eigenvalue weighted by atomic mass is 10.0. The Balaban J connectivity index is 1.89. The molecule has 1 saturated carbocycles. The van der Waals surface area contributed by atoms with Crippen LogP contribution in [0.15, 0.2) is 18.2 Å². The Hall–Kier alpha value is -1.91. The molecule has 1 fully saturated rings. The van der Waals surface area contributed by atoms with E-state index in [-0.39, 0.29) is 11.1 Å². The van der Waals surface area contributed by atoms with Gasteiger partial charge in [-0.05, 0) is 30.5 Å². The van der Waals surface area contributed by atoms with Gasteiger partial charge in [-0.3, -0.25) is 4.79 Å². The maximum Gasteiger partial charge on any atom is 0.335 e. The maximum absolute atomic E-state index is 13.7. The minimum Gasteiger partial charge on any atom is -0.478 e. The molecule has 0 atom stereocenters. The molecule has 1 aliphatic rings. The van der Waals surface area contributed by atoms with Gasteiger partial charge in [-0.25, -0.2) is 9.18 Å².